The number of ether oxygens (including phenoxy) is 1. The molecule has 0 aliphatic carbocycles. The highest BCUT2D eigenvalue weighted by atomic mass is 35.5. The predicted molar refractivity (Wildman–Crippen MR) is 128 cm³/mol. The number of nitrogens with one attached hydrogen (secondary N) is 1. The van der Waals surface area contributed by atoms with Crippen LogP contribution in [0.1, 0.15) is 24.8 Å². The second-order valence-electron chi connectivity index (χ2n) is 7.83. The summed E-state index contributed by atoms with van der Waals surface area (Å²) in [7, 11) is 0. The molecule has 1 saturated heterocycles. The lowest BCUT2D eigenvalue weighted by Crippen LogP contribution is -2.30. The lowest BCUT2D eigenvalue weighted by Gasteiger charge is -2.16. The Morgan fingerprint density at radius 3 is 2.88 bits per heavy atom. The fourth-order valence-corrected chi connectivity index (χ4v) is 4.79. The van der Waals surface area contributed by atoms with Gasteiger partial charge in [-0.05, 0) is 49.4 Å². The van der Waals surface area contributed by atoms with Crippen molar-refractivity contribution in [2.45, 2.75) is 43.5 Å². The number of carbonyl (C=O) groups is 1. The molecule has 3 aromatic rings. The van der Waals surface area contributed by atoms with Gasteiger partial charge in [0, 0.05) is 18.2 Å². The van der Waals surface area contributed by atoms with Gasteiger partial charge in [0.25, 0.3) is 5.56 Å². The SMILES string of the molecule is O=C(CSc1nc2cc(Cl)ccc2c(=O)n1CC1CCCO1)NCCCc1ccccc1. The van der Waals surface area contributed by atoms with E-state index in [4.69, 9.17) is 16.3 Å². The Labute approximate surface area is 196 Å². The second kappa shape index (κ2) is 11.0. The molecule has 0 saturated carbocycles. The third-order valence-electron chi connectivity index (χ3n) is 5.43. The van der Waals surface area contributed by atoms with E-state index in [9.17, 15) is 9.59 Å². The Balaban J connectivity index is 1.41. The Kier molecular flexibility index (Phi) is 7.84. The van der Waals surface area contributed by atoms with E-state index in [-0.39, 0.29) is 23.3 Å². The van der Waals surface area contributed by atoms with Crippen LogP contribution in [-0.4, -0.2) is 40.5 Å². The van der Waals surface area contributed by atoms with Crippen molar-refractivity contribution in [1.82, 2.24) is 14.9 Å². The standard InChI is InChI=1S/C24H26ClN3O3S/c25-18-10-11-20-21(14-18)27-24(28(23(20)30)15-19-9-5-13-31-19)32-16-22(29)26-12-4-8-17-6-2-1-3-7-17/h1-3,6-7,10-11,14,19H,4-5,8-9,12-13,15-16H2,(H,26,29). The van der Waals surface area contributed by atoms with Gasteiger partial charge >= 0.3 is 0 Å². The lowest BCUT2D eigenvalue weighted by atomic mass is 10.1. The van der Waals surface area contributed by atoms with Crippen molar-refractivity contribution in [3.05, 3.63) is 69.5 Å². The van der Waals surface area contributed by atoms with Crippen molar-refractivity contribution in [2.24, 2.45) is 0 Å². The molecular formula is C24H26ClN3O3S. The molecule has 1 aliphatic rings. The Hall–Kier alpha value is -2.35. The van der Waals surface area contributed by atoms with E-state index >= 15 is 0 Å². The third kappa shape index (κ3) is 5.91. The number of thioether (sulfide) groups is 1. The van der Waals surface area contributed by atoms with Crippen LogP contribution < -0.4 is 10.9 Å². The maximum Gasteiger partial charge on any atom is 0.262 e. The van der Waals surface area contributed by atoms with Gasteiger partial charge < -0.3 is 10.1 Å². The van der Waals surface area contributed by atoms with Gasteiger partial charge in [-0.1, -0.05) is 53.7 Å². The van der Waals surface area contributed by atoms with Gasteiger partial charge in [0.15, 0.2) is 5.16 Å². The van der Waals surface area contributed by atoms with E-state index in [1.165, 1.54) is 17.3 Å². The fraction of sp³-hybridized carbons (Fsp3) is 0.375. The molecule has 1 N–H and O–H groups in total. The molecule has 2 aromatic carbocycles. The summed E-state index contributed by atoms with van der Waals surface area (Å²) in [6, 6.07) is 15.3. The van der Waals surface area contributed by atoms with E-state index in [1.54, 1.807) is 22.8 Å². The first kappa shape index (κ1) is 22.8. The minimum atomic E-state index is -0.132. The Morgan fingerprint density at radius 2 is 2.09 bits per heavy atom. The van der Waals surface area contributed by atoms with Crippen LogP contribution >= 0.6 is 23.4 Å². The molecule has 1 unspecified atom stereocenters. The number of fused-ring (bicyclic) bond motifs is 1. The van der Waals surface area contributed by atoms with Crippen LogP contribution in [0.15, 0.2) is 58.5 Å². The summed E-state index contributed by atoms with van der Waals surface area (Å²) in [6.45, 7) is 1.76. The number of hydrogen-bond acceptors (Lipinski definition) is 5. The Bertz CT molecular complexity index is 1130. The zero-order chi connectivity index (χ0) is 22.3. The van der Waals surface area contributed by atoms with Crippen molar-refractivity contribution in [1.29, 1.82) is 0 Å². The molecule has 6 nitrogen and oxygen atoms in total. The molecule has 0 bridgehead atoms. The van der Waals surface area contributed by atoms with Crippen LogP contribution in [0.2, 0.25) is 5.02 Å². The molecule has 2 heterocycles. The van der Waals surface area contributed by atoms with Gasteiger partial charge in [0.05, 0.1) is 29.3 Å². The molecule has 32 heavy (non-hydrogen) atoms. The summed E-state index contributed by atoms with van der Waals surface area (Å²) in [5.74, 6) is 0.113. The molecule has 1 aromatic heterocycles. The number of halogens is 1. The number of aryl methyl sites for hydroxylation is 1. The van der Waals surface area contributed by atoms with E-state index < -0.39 is 0 Å². The molecule has 0 spiro atoms. The number of rotatable bonds is 9. The van der Waals surface area contributed by atoms with E-state index in [0.717, 1.165) is 25.7 Å². The van der Waals surface area contributed by atoms with Gasteiger partial charge in [0.2, 0.25) is 5.91 Å². The zero-order valence-corrected chi connectivity index (χ0v) is 19.3. The summed E-state index contributed by atoms with van der Waals surface area (Å²) in [5, 5.41) is 4.51. The predicted octanol–water partition coefficient (Wildman–Crippen LogP) is 4.07. The molecule has 8 heteroatoms. The lowest BCUT2D eigenvalue weighted by molar-refractivity contribution is -0.118. The number of hydrogen-bond donors (Lipinski definition) is 1. The van der Waals surface area contributed by atoms with Crippen LogP contribution in [0.3, 0.4) is 0 Å². The minimum absolute atomic E-state index is 0.00888. The van der Waals surface area contributed by atoms with Crippen molar-refractivity contribution >= 4 is 40.2 Å². The van der Waals surface area contributed by atoms with Crippen molar-refractivity contribution in [3.63, 3.8) is 0 Å². The highest BCUT2D eigenvalue weighted by molar-refractivity contribution is 7.99. The normalized spacial score (nSPS) is 15.8. The molecular weight excluding hydrogens is 446 g/mol. The average molecular weight is 472 g/mol. The quantitative estimate of drug-likeness (QED) is 0.289. The maximum atomic E-state index is 13.1. The number of benzene rings is 2. The topological polar surface area (TPSA) is 73.2 Å². The average Bonchev–Trinajstić information content (AvgIpc) is 3.31. The summed E-state index contributed by atoms with van der Waals surface area (Å²) in [4.78, 5) is 30.2. The summed E-state index contributed by atoms with van der Waals surface area (Å²) in [6.07, 6.45) is 3.69. The first-order valence-electron chi connectivity index (χ1n) is 10.9. The molecule has 1 aliphatic heterocycles. The first-order valence-corrected chi connectivity index (χ1v) is 12.2. The van der Waals surface area contributed by atoms with Crippen LogP contribution in [0.4, 0.5) is 0 Å². The van der Waals surface area contributed by atoms with Crippen molar-refractivity contribution < 1.29 is 9.53 Å². The van der Waals surface area contributed by atoms with Crippen LogP contribution in [0.25, 0.3) is 10.9 Å². The maximum absolute atomic E-state index is 13.1. The molecule has 4 rings (SSSR count). The highest BCUT2D eigenvalue weighted by Crippen LogP contribution is 2.22. The smallest absolute Gasteiger partial charge is 0.262 e. The second-order valence-corrected chi connectivity index (χ2v) is 9.21. The van der Waals surface area contributed by atoms with Gasteiger partial charge in [-0.15, -0.1) is 0 Å². The van der Waals surface area contributed by atoms with E-state index in [0.29, 0.717) is 40.8 Å². The van der Waals surface area contributed by atoms with Crippen molar-refractivity contribution in [3.8, 4) is 0 Å². The van der Waals surface area contributed by atoms with Gasteiger partial charge in [0.1, 0.15) is 0 Å². The summed E-state index contributed by atoms with van der Waals surface area (Å²) < 4.78 is 7.37. The van der Waals surface area contributed by atoms with Gasteiger partial charge in [-0.25, -0.2) is 4.98 Å². The number of amides is 1. The number of nitrogens with zero attached hydrogens (tertiary/aromatic N) is 2. The van der Waals surface area contributed by atoms with Gasteiger partial charge in [-0.2, -0.15) is 0 Å². The monoisotopic (exact) mass is 471 g/mol. The van der Waals surface area contributed by atoms with Crippen molar-refractivity contribution in [2.75, 3.05) is 18.9 Å². The minimum Gasteiger partial charge on any atom is -0.376 e. The van der Waals surface area contributed by atoms with Crippen LogP contribution in [-0.2, 0) is 22.5 Å². The summed E-state index contributed by atoms with van der Waals surface area (Å²) >= 11 is 7.37. The molecule has 1 fully saturated rings. The Morgan fingerprint density at radius 1 is 1.25 bits per heavy atom. The first-order chi connectivity index (χ1) is 15.6. The fourth-order valence-electron chi connectivity index (χ4n) is 3.78. The number of carbonyl (C=O) groups excluding carboxylic acids is 1. The number of aromatic nitrogens is 2. The third-order valence-corrected chi connectivity index (χ3v) is 6.64. The molecule has 0 radical (unpaired) electrons. The molecule has 1 amide bonds. The molecule has 1 atom stereocenters. The highest BCUT2D eigenvalue weighted by Gasteiger charge is 2.20. The summed E-state index contributed by atoms with van der Waals surface area (Å²) in [5.41, 5.74) is 1.66. The molecule has 168 valence electrons. The van der Waals surface area contributed by atoms with E-state index in [2.05, 4.69) is 22.4 Å². The van der Waals surface area contributed by atoms with Gasteiger partial charge in [-0.3, -0.25) is 14.2 Å². The van der Waals surface area contributed by atoms with Crippen LogP contribution in [0.5, 0.6) is 0 Å². The van der Waals surface area contributed by atoms with E-state index in [1.807, 2.05) is 18.2 Å². The zero-order valence-electron chi connectivity index (χ0n) is 17.8. The largest absolute Gasteiger partial charge is 0.376 e. The van der Waals surface area contributed by atoms with Crippen LogP contribution in [0, 0.1) is 0 Å².